The number of benzene rings is 2. The van der Waals surface area contributed by atoms with Crippen LogP contribution in [0.3, 0.4) is 0 Å². The lowest BCUT2D eigenvalue weighted by Gasteiger charge is -2.12. The lowest BCUT2D eigenvalue weighted by molar-refractivity contribution is -0.274. The van der Waals surface area contributed by atoms with Gasteiger partial charge < -0.3 is 15.4 Å². The number of pyridine rings is 1. The van der Waals surface area contributed by atoms with Crippen molar-refractivity contribution in [3.63, 3.8) is 0 Å². The molecular weight excluding hydrogens is 466 g/mol. The number of amides is 1. The van der Waals surface area contributed by atoms with Gasteiger partial charge >= 0.3 is 6.36 Å². The van der Waals surface area contributed by atoms with Crippen LogP contribution in [0.4, 0.5) is 28.9 Å². The summed E-state index contributed by atoms with van der Waals surface area (Å²) in [5.74, 6) is -1.61. The molecule has 4 rings (SSSR count). The van der Waals surface area contributed by atoms with Crippen LogP contribution in [0, 0.1) is 5.82 Å². The lowest BCUT2D eigenvalue weighted by Crippen LogP contribution is -2.17. The van der Waals surface area contributed by atoms with Crippen LogP contribution in [0.15, 0.2) is 73.2 Å². The molecule has 0 aliphatic carbocycles. The van der Waals surface area contributed by atoms with Crippen LogP contribution in [0.5, 0.6) is 5.75 Å². The Bertz CT molecular complexity index is 1350. The van der Waals surface area contributed by atoms with Gasteiger partial charge in [-0.15, -0.1) is 13.2 Å². The Balaban J connectivity index is 1.45. The molecule has 2 aromatic heterocycles. The number of carbonyl (C=O) groups is 1. The van der Waals surface area contributed by atoms with Gasteiger partial charge in [0.25, 0.3) is 5.91 Å². The molecule has 0 bridgehead atoms. The first kappa shape index (κ1) is 23.7. The second kappa shape index (κ2) is 9.84. The summed E-state index contributed by atoms with van der Waals surface area (Å²) in [5.41, 5.74) is 2.59. The summed E-state index contributed by atoms with van der Waals surface area (Å²) in [6.07, 6.45) is 0.194. The first-order valence-corrected chi connectivity index (χ1v) is 10.3. The zero-order valence-corrected chi connectivity index (χ0v) is 18.3. The molecule has 0 fully saturated rings. The number of anilines is 2. The second-order valence-corrected chi connectivity index (χ2v) is 7.53. The number of hydrogen-bond donors (Lipinski definition) is 2. The summed E-state index contributed by atoms with van der Waals surface area (Å²) in [6.45, 7) is 0.0647. The molecule has 0 radical (unpaired) electrons. The van der Waals surface area contributed by atoms with Crippen LogP contribution in [0.1, 0.15) is 15.9 Å². The number of nitrogens with one attached hydrogen (secondary N) is 2. The van der Waals surface area contributed by atoms with Crippen molar-refractivity contribution >= 4 is 17.3 Å². The van der Waals surface area contributed by atoms with Gasteiger partial charge in [-0.2, -0.15) is 5.10 Å². The minimum atomic E-state index is -4.85. The predicted octanol–water partition coefficient (Wildman–Crippen LogP) is 5.38. The van der Waals surface area contributed by atoms with E-state index in [9.17, 15) is 22.4 Å². The van der Waals surface area contributed by atoms with E-state index in [1.807, 2.05) is 12.1 Å². The summed E-state index contributed by atoms with van der Waals surface area (Å²) in [4.78, 5) is 16.8. The molecule has 4 aromatic rings. The molecule has 0 atom stereocenters. The van der Waals surface area contributed by atoms with E-state index in [2.05, 4.69) is 25.5 Å². The van der Waals surface area contributed by atoms with Gasteiger partial charge in [0.05, 0.1) is 11.4 Å². The van der Waals surface area contributed by atoms with E-state index < -0.39 is 23.8 Å². The molecule has 0 saturated heterocycles. The van der Waals surface area contributed by atoms with Crippen LogP contribution in [0.2, 0.25) is 0 Å². The molecule has 0 aliphatic rings. The first-order valence-electron chi connectivity index (χ1n) is 10.3. The van der Waals surface area contributed by atoms with Crippen molar-refractivity contribution < 1.29 is 27.1 Å². The van der Waals surface area contributed by atoms with E-state index in [0.717, 1.165) is 29.5 Å². The molecule has 11 heteroatoms. The molecule has 0 aliphatic heterocycles. The van der Waals surface area contributed by atoms with Gasteiger partial charge in [0.2, 0.25) is 0 Å². The minimum Gasteiger partial charge on any atom is -0.406 e. The van der Waals surface area contributed by atoms with E-state index >= 15 is 0 Å². The molecule has 0 unspecified atom stereocenters. The van der Waals surface area contributed by atoms with Gasteiger partial charge in [0.1, 0.15) is 11.6 Å². The van der Waals surface area contributed by atoms with Crippen LogP contribution < -0.4 is 15.4 Å². The van der Waals surface area contributed by atoms with Crippen LogP contribution in [-0.2, 0) is 13.6 Å². The van der Waals surface area contributed by atoms with Crippen molar-refractivity contribution in [3.05, 3.63) is 90.1 Å². The van der Waals surface area contributed by atoms with Gasteiger partial charge in [0.15, 0.2) is 0 Å². The molecule has 1 amide bonds. The fourth-order valence-electron chi connectivity index (χ4n) is 3.27. The maximum Gasteiger partial charge on any atom is 0.573 e. The Labute approximate surface area is 197 Å². The highest BCUT2D eigenvalue weighted by Gasteiger charge is 2.31. The molecule has 0 saturated carbocycles. The fraction of sp³-hybridized carbons (Fsp3) is 0.125. The molecule has 2 heterocycles. The summed E-state index contributed by atoms with van der Waals surface area (Å²) >= 11 is 0. The monoisotopic (exact) mass is 485 g/mol. The maximum absolute atomic E-state index is 14.4. The molecule has 7 nitrogen and oxygen atoms in total. The minimum absolute atomic E-state index is 0.0647. The molecule has 2 aromatic carbocycles. The Morgan fingerprint density at radius 2 is 1.89 bits per heavy atom. The average molecular weight is 485 g/mol. The number of rotatable bonds is 7. The van der Waals surface area contributed by atoms with Gasteiger partial charge in [-0.3, -0.25) is 14.5 Å². The number of aromatic nitrogens is 3. The van der Waals surface area contributed by atoms with Gasteiger partial charge in [-0.25, -0.2) is 4.39 Å². The SMILES string of the molecule is Cn1ccc(-c2cncc(NCc3cc(C(=O)Nc4cccc(OC(F)(F)F)c4)ccc3F)c2)n1. The van der Waals surface area contributed by atoms with Crippen LogP contribution in [-0.4, -0.2) is 27.0 Å². The lowest BCUT2D eigenvalue weighted by atomic mass is 10.1. The van der Waals surface area contributed by atoms with Gasteiger partial charge in [-0.1, -0.05) is 6.07 Å². The Morgan fingerprint density at radius 3 is 2.63 bits per heavy atom. The van der Waals surface area contributed by atoms with Crippen molar-refractivity contribution in [1.82, 2.24) is 14.8 Å². The standard InChI is InChI=1S/C24H19F4N5O2/c1-33-8-7-22(32-33)17-10-19(14-29-12-17)30-13-16-9-15(5-6-21(16)25)23(34)31-18-3-2-4-20(11-18)35-24(26,27)28/h2-12,14,30H,13H2,1H3,(H,31,34). The number of nitrogens with zero attached hydrogens (tertiary/aromatic N) is 3. The number of aryl methyl sites for hydroxylation is 1. The smallest absolute Gasteiger partial charge is 0.406 e. The van der Waals surface area contributed by atoms with Gasteiger partial charge in [0, 0.05) is 60.6 Å². The highest BCUT2D eigenvalue weighted by Crippen LogP contribution is 2.26. The predicted molar refractivity (Wildman–Crippen MR) is 121 cm³/mol. The van der Waals surface area contributed by atoms with Crippen molar-refractivity contribution in [2.45, 2.75) is 12.9 Å². The van der Waals surface area contributed by atoms with Crippen molar-refractivity contribution in [3.8, 4) is 17.0 Å². The number of alkyl halides is 3. The quantitative estimate of drug-likeness (QED) is 0.344. The summed E-state index contributed by atoms with van der Waals surface area (Å²) in [7, 11) is 1.80. The second-order valence-electron chi connectivity index (χ2n) is 7.53. The summed E-state index contributed by atoms with van der Waals surface area (Å²) in [5, 5.41) is 9.88. The van der Waals surface area contributed by atoms with E-state index in [-0.39, 0.29) is 23.4 Å². The molecular formula is C24H19F4N5O2. The summed E-state index contributed by atoms with van der Waals surface area (Å²) < 4.78 is 57.2. The van der Waals surface area contributed by atoms with Crippen LogP contribution >= 0.6 is 0 Å². The van der Waals surface area contributed by atoms with Crippen molar-refractivity contribution in [2.75, 3.05) is 10.6 Å². The third-order valence-electron chi connectivity index (χ3n) is 4.86. The van der Waals surface area contributed by atoms with Gasteiger partial charge in [-0.05, 0) is 42.5 Å². The summed E-state index contributed by atoms with van der Waals surface area (Å²) in [6, 6.07) is 12.3. The average Bonchev–Trinajstić information content (AvgIpc) is 3.24. The van der Waals surface area contributed by atoms with Crippen molar-refractivity contribution in [2.24, 2.45) is 7.05 Å². The largest absolute Gasteiger partial charge is 0.573 e. The van der Waals surface area contributed by atoms with Crippen molar-refractivity contribution in [1.29, 1.82) is 0 Å². The maximum atomic E-state index is 14.4. The number of carbonyl (C=O) groups excluding carboxylic acids is 1. The normalized spacial score (nSPS) is 11.2. The topological polar surface area (TPSA) is 81.1 Å². The number of halogens is 4. The number of ether oxygens (including phenoxy) is 1. The zero-order valence-electron chi connectivity index (χ0n) is 18.3. The molecule has 180 valence electrons. The fourth-order valence-corrected chi connectivity index (χ4v) is 3.27. The third-order valence-corrected chi connectivity index (χ3v) is 4.86. The molecule has 2 N–H and O–H groups in total. The molecule has 35 heavy (non-hydrogen) atoms. The highest BCUT2D eigenvalue weighted by atomic mass is 19.4. The van der Waals surface area contributed by atoms with E-state index in [0.29, 0.717) is 5.69 Å². The van der Waals surface area contributed by atoms with E-state index in [4.69, 9.17) is 0 Å². The highest BCUT2D eigenvalue weighted by molar-refractivity contribution is 6.04. The van der Waals surface area contributed by atoms with Crippen LogP contribution in [0.25, 0.3) is 11.3 Å². The molecule has 0 spiro atoms. The third kappa shape index (κ3) is 6.34. The Morgan fingerprint density at radius 1 is 1.06 bits per heavy atom. The number of hydrogen-bond acceptors (Lipinski definition) is 5. The Hall–Kier alpha value is -4.41. The zero-order chi connectivity index (χ0) is 25.0. The Kier molecular flexibility index (Phi) is 6.67. The van der Waals surface area contributed by atoms with E-state index in [1.54, 1.807) is 30.3 Å². The first-order chi connectivity index (χ1) is 16.7. The van der Waals surface area contributed by atoms with E-state index in [1.165, 1.54) is 24.3 Å².